The van der Waals surface area contributed by atoms with Crippen LogP contribution in [-0.4, -0.2) is 40.2 Å². The molecule has 0 aliphatic carbocycles. The molecule has 0 N–H and O–H groups in total. The molecule has 3 aromatic rings. The number of hydrogen-bond acceptors (Lipinski definition) is 4. The number of aromatic nitrogens is 1. The lowest BCUT2D eigenvalue weighted by molar-refractivity contribution is -0.132. The van der Waals surface area contributed by atoms with Gasteiger partial charge in [0.1, 0.15) is 0 Å². The summed E-state index contributed by atoms with van der Waals surface area (Å²) in [7, 11) is 1.66. The SMILES string of the molecule is Cc1ccccc1CN(Cc1cccnc1)C(=O)CN(C)C(=O)c1ccc(Br)s1. The van der Waals surface area contributed by atoms with Crippen LogP contribution in [0.4, 0.5) is 0 Å². The summed E-state index contributed by atoms with van der Waals surface area (Å²) >= 11 is 4.73. The maximum absolute atomic E-state index is 13.1. The fourth-order valence-corrected chi connectivity index (χ4v) is 4.31. The Morgan fingerprint density at radius 2 is 1.86 bits per heavy atom. The van der Waals surface area contributed by atoms with Crippen molar-refractivity contribution in [3.8, 4) is 0 Å². The first-order chi connectivity index (χ1) is 13.9. The van der Waals surface area contributed by atoms with Gasteiger partial charge in [0.05, 0.1) is 15.2 Å². The molecule has 150 valence electrons. The minimum absolute atomic E-state index is 0.0144. The Hall–Kier alpha value is -2.51. The van der Waals surface area contributed by atoms with E-state index in [4.69, 9.17) is 0 Å². The maximum Gasteiger partial charge on any atom is 0.264 e. The molecule has 2 heterocycles. The van der Waals surface area contributed by atoms with E-state index in [1.807, 2.05) is 49.4 Å². The molecule has 0 saturated heterocycles. The Labute approximate surface area is 183 Å². The molecule has 0 fully saturated rings. The van der Waals surface area contributed by atoms with Gasteiger partial charge >= 0.3 is 0 Å². The molecular weight excluding hydrogens is 450 g/mol. The molecule has 2 aromatic heterocycles. The van der Waals surface area contributed by atoms with E-state index in [9.17, 15) is 9.59 Å². The lowest BCUT2D eigenvalue weighted by Crippen LogP contribution is -2.40. The van der Waals surface area contributed by atoms with Crippen LogP contribution in [0.3, 0.4) is 0 Å². The lowest BCUT2D eigenvalue weighted by Gasteiger charge is -2.26. The van der Waals surface area contributed by atoms with Crippen LogP contribution in [-0.2, 0) is 17.9 Å². The molecule has 0 aliphatic heterocycles. The molecule has 1 aromatic carbocycles. The number of hydrogen-bond donors (Lipinski definition) is 0. The lowest BCUT2D eigenvalue weighted by atomic mass is 10.1. The van der Waals surface area contributed by atoms with Gasteiger partial charge in [-0.25, -0.2) is 0 Å². The smallest absolute Gasteiger partial charge is 0.264 e. The predicted octanol–water partition coefficient (Wildman–Crippen LogP) is 4.52. The maximum atomic E-state index is 13.1. The zero-order valence-corrected chi connectivity index (χ0v) is 18.7. The highest BCUT2D eigenvalue weighted by Crippen LogP contribution is 2.23. The zero-order chi connectivity index (χ0) is 20.8. The number of nitrogens with zero attached hydrogens (tertiary/aromatic N) is 3. The molecule has 3 rings (SSSR count). The number of carbonyl (C=O) groups excluding carboxylic acids is 2. The Bertz CT molecular complexity index is 990. The number of amides is 2. The molecule has 0 atom stereocenters. The van der Waals surface area contributed by atoms with Crippen molar-refractivity contribution in [3.63, 3.8) is 0 Å². The average Bonchev–Trinajstić information content (AvgIpc) is 3.15. The predicted molar refractivity (Wildman–Crippen MR) is 119 cm³/mol. The van der Waals surface area contributed by atoms with Crippen molar-refractivity contribution in [3.05, 3.63) is 86.3 Å². The summed E-state index contributed by atoms with van der Waals surface area (Å²) in [5.41, 5.74) is 3.16. The van der Waals surface area contributed by atoms with Crippen LogP contribution in [0.1, 0.15) is 26.4 Å². The summed E-state index contributed by atoms with van der Waals surface area (Å²) in [5, 5.41) is 0. The molecule has 0 spiro atoms. The number of aryl methyl sites for hydroxylation is 1. The van der Waals surface area contributed by atoms with E-state index in [1.54, 1.807) is 30.4 Å². The second-order valence-electron chi connectivity index (χ2n) is 6.80. The van der Waals surface area contributed by atoms with Crippen LogP contribution < -0.4 is 0 Å². The minimum Gasteiger partial charge on any atom is -0.332 e. The van der Waals surface area contributed by atoms with E-state index in [2.05, 4.69) is 20.9 Å². The van der Waals surface area contributed by atoms with Gasteiger partial charge in [0.25, 0.3) is 5.91 Å². The van der Waals surface area contributed by atoms with Gasteiger partial charge in [-0.15, -0.1) is 11.3 Å². The molecule has 0 radical (unpaired) electrons. The fourth-order valence-electron chi connectivity index (χ4n) is 2.93. The Kier molecular flexibility index (Phi) is 7.17. The number of pyridine rings is 1. The van der Waals surface area contributed by atoms with Gasteiger partial charge in [-0.3, -0.25) is 14.6 Å². The molecule has 7 heteroatoms. The van der Waals surface area contributed by atoms with Crippen LogP contribution in [0.5, 0.6) is 0 Å². The van der Waals surface area contributed by atoms with Crippen LogP contribution in [0.15, 0.2) is 64.7 Å². The third kappa shape index (κ3) is 5.74. The van der Waals surface area contributed by atoms with Crippen molar-refractivity contribution >= 4 is 39.1 Å². The Morgan fingerprint density at radius 1 is 1.07 bits per heavy atom. The summed E-state index contributed by atoms with van der Waals surface area (Å²) in [6.07, 6.45) is 3.47. The highest BCUT2D eigenvalue weighted by atomic mass is 79.9. The Balaban J connectivity index is 1.76. The van der Waals surface area contributed by atoms with Crippen LogP contribution >= 0.6 is 27.3 Å². The third-order valence-electron chi connectivity index (χ3n) is 4.57. The van der Waals surface area contributed by atoms with Crippen molar-refractivity contribution in [1.29, 1.82) is 0 Å². The second-order valence-corrected chi connectivity index (χ2v) is 9.27. The zero-order valence-electron chi connectivity index (χ0n) is 16.3. The number of carbonyl (C=O) groups is 2. The van der Waals surface area contributed by atoms with Crippen molar-refractivity contribution in [2.24, 2.45) is 0 Å². The molecule has 29 heavy (non-hydrogen) atoms. The highest BCUT2D eigenvalue weighted by molar-refractivity contribution is 9.11. The standard InChI is InChI=1S/C22H22BrN3O2S/c1-16-6-3-4-8-18(16)14-26(13-17-7-5-11-24-12-17)21(27)15-25(2)22(28)19-9-10-20(23)29-19/h3-12H,13-15H2,1-2H3. The second kappa shape index (κ2) is 9.80. The normalized spacial score (nSPS) is 10.6. The van der Waals surface area contributed by atoms with Gasteiger partial charge in [-0.2, -0.15) is 0 Å². The number of rotatable bonds is 7. The molecule has 0 saturated carbocycles. The Morgan fingerprint density at radius 3 is 2.52 bits per heavy atom. The summed E-state index contributed by atoms with van der Waals surface area (Å²) in [4.78, 5) is 33.7. The largest absolute Gasteiger partial charge is 0.332 e. The first-order valence-corrected chi connectivity index (χ1v) is 10.8. The van der Waals surface area contributed by atoms with E-state index < -0.39 is 0 Å². The first-order valence-electron chi connectivity index (χ1n) is 9.16. The van der Waals surface area contributed by atoms with Crippen LogP contribution in [0.25, 0.3) is 0 Å². The van der Waals surface area contributed by atoms with Crippen molar-refractivity contribution in [2.45, 2.75) is 20.0 Å². The van der Waals surface area contributed by atoms with Crippen molar-refractivity contribution < 1.29 is 9.59 Å². The van der Waals surface area contributed by atoms with Crippen LogP contribution in [0.2, 0.25) is 0 Å². The van der Waals surface area contributed by atoms with Gasteiger partial charge in [0.2, 0.25) is 5.91 Å². The molecular formula is C22H22BrN3O2S. The van der Waals surface area contributed by atoms with E-state index in [0.717, 1.165) is 20.5 Å². The van der Waals surface area contributed by atoms with Gasteiger partial charge in [-0.1, -0.05) is 30.3 Å². The van der Waals surface area contributed by atoms with Crippen molar-refractivity contribution in [2.75, 3.05) is 13.6 Å². The summed E-state index contributed by atoms with van der Waals surface area (Å²) in [6, 6.07) is 15.4. The van der Waals surface area contributed by atoms with Gasteiger partial charge < -0.3 is 9.80 Å². The van der Waals surface area contributed by atoms with E-state index in [-0.39, 0.29) is 18.4 Å². The van der Waals surface area contributed by atoms with Gasteiger partial charge in [0.15, 0.2) is 0 Å². The molecule has 5 nitrogen and oxygen atoms in total. The molecule has 0 aliphatic rings. The minimum atomic E-state index is -0.161. The third-order valence-corrected chi connectivity index (χ3v) is 6.19. The first kappa shape index (κ1) is 21.2. The molecule has 0 bridgehead atoms. The topological polar surface area (TPSA) is 53.5 Å². The van der Waals surface area contributed by atoms with E-state index in [1.165, 1.54) is 16.2 Å². The summed E-state index contributed by atoms with van der Waals surface area (Å²) < 4.78 is 0.887. The van der Waals surface area contributed by atoms with Gasteiger partial charge in [-0.05, 0) is 57.7 Å². The fraction of sp³-hybridized carbons (Fsp3) is 0.227. The highest BCUT2D eigenvalue weighted by Gasteiger charge is 2.21. The number of halogens is 1. The molecule has 2 amide bonds. The average molecular weight is 472 g/mol. The monoisotopic (exact) mass is 471 g/mol. The number of thiophene rings is 1. The van der Waals surface area contributed by atoms with Gasteiger partial charge in [0, 0.05) is 32.5 Å². The molecule has 0 unspecified atom stereocenters. The summed E-state index contributed by atoms with van der Waals surface area (Å²) in [5.74, 6) is -0.269. The van der Waals surface area contributed by atoms with E-state index >= 15 is 0 Å². The summed E-state index contributed by atoms with van der Waals surface area (Å²) in [6.45, 7) is 2.97. The number of benzene rings is 1. The van der Waals surface area contributed by atoms with E-state index in [0.29, 0.717) is 18.0 Å². The van der Waals surface area contributed by atoms with Crippen molar-refractivity contribution in [1.82, 2.24) is 14.8 Å². The van der Waals surface area contributed by atoms with Crippen LogP contribution in [0, 0.1) is 6.92 Å². The quantitative estimate of drug-likeness (QED) is 0.509. The number of likely N-dealkylation sites (N-methyl/N-ethyl adjacent to an activating group) is 1.